The predicted octanol–water partition coefficient (Wildman–Crippen LogP) is 3.22. The molecule has 134 valence electrons. The third-order valence-electron chi connectivity index (χ3n) is 6.09. The molecule has 0 aromatic carbocycles. The number of rotatable bonds is 6. The average Bonchev–Trinajstić information content (AvgIpc) is 3.35. The molecule has 2 fully saturated rings. The Labute approximate surface area is 148 Å². The first-order valence-electron chi connectivity index (χ1n) is 9.46. The molecule has 2 aromatic rings. The van der Waals surface area contributed by atoms with E-state index in [1.165, 1.54) is 31.4 Å². The number of fused-ring (bicyclic) bond motifs is 2. The van der Waals surface area contributed by atoms with Gasteiger partial charge >= 0.3 is 0 Å². The molecule has 3 atom stereocenters. The van der Waals surface area contributed by atoms with Crippen LogP contribution < -0.4 is 5.32 Å². The van der Waals surface area contributed by atoms with Crippen molar-refractivity contribution in [2.75, 3.05) is 5.32 Å². The largest absolute Gasteiger partial charge is 0.323 e. The summed E-state index contributed by atoms with van der Waals surface area (Å²) in [5, 5.41) is 11.8. The second-order valence-corrected chi connectivity index (χ2v) is 7.68. The van der Waals surface area contributed by atoms with E-state index in [0.29, 0.717) is 18.9 Å². The summed E-state index contributed by atoms with van der Waals surface area (Å²) in [4.78, 5) is 12.3. The summed E-state index contributed by atoms with van der Waals surface area (Å²) in [7, 11) is 0. The standard InChI is InChI=1S/C19H27N5O/c1-3-24-13(2)17(9-21-24)11-23-12-18(10-20-23)22-19(25)8-16-7-14-4-5-15(16)6-14/h9-10,12,14-16H,3-8,11H2,1-2H3,(H,22,25). The molecule has 2 heterocycles. The highest BCUT2D eigenvalue weighted by atomic mass is 16.1. The Kier molecular flexibility index (Phi) is 4.36. The third-order valence-corrected chi connectivity index (χ3v) is 6.09. The van der Waals surface area contributed by atoms with Crippen LogP contribution in [0.1, 0.15) is 50.3 Å². The third kappa shape index (κ3) is 3.34. The van der Waals surface area contributed by atoms with Crippen molar-refractivity contribution in [1.29, 1.82) is 0 Å². The highest BCUT2D eigenvalue weighted by molar-refractivity contribution is 5.90. The number of nitrogens with one attached hydrogen (secondary N) is 1. The highest BCUT2D eigenvalue weighted by Crippen LogP contribution is 2.49. The van der Waals surface area contributed by atoms with Crippen molar-refractivity contribution in [2.24, 2.45) is 17.8 Å². The summed E-state index contributed by atoms with van der Waals surface area (Å²) in [5.74, 6) is 2.40. The average molecular weight is 341 g/mol. The van der Waals surface area contributed by atoms with Crippen LogP contribution >= 0.6 is 0 Å². The molecule has 4 rings (SSSR count). The number of aryl methyl sites for hydroxylation is 1. The Morgan fingerprint density at radius 3 is 2.84 bits per heavy atom. The molecule has 6 heteroatoms. The fourth-order valence-corrected chi connectivity index (χ4v) is 4.72. The first-order chi connectivity index (χ1) is 12.1. The monoisotopic (exact) mass is 341 g/mol. The molecule has 2 aromatic heterocycles. The van der Waals surface area contributed by atoms with Crippen molar-refractivity contribution in [3.8, 4) is 0 Å². The maximum atomic E-state index is 12.3. The smallest absolute Gasteiger partial charge is 0.224 e. The Hall–Kier alpha value is -2.11. The lowest BCUT2D eigenvalue weighted by Crippen LogP contribution is -2.20. The molecular formula is C19H27N5O. The van der Waals surface area contributed by atoms with E-state index in [-0.39, 0.29) is 5.91 Å². The molecule has 0 spiro atoms. The van der Waals surface area contributed by atoms with Crippen LogP contribution in [0.2, 0.25) is 0 Å². The molecule has 2 aliphatic carbocycles. The fraction of sp³-hybridized carbons (Fsp3) is 0.632. The summed E-state index contributed by atoms with van der Waals surface area (Å²) in [6.45, 7) is 5.71. The Morgan fingerprint density at radius 2 is 2.16 bits per heavy atom. The maximum Gasteiger partial charge on any atom is 0.224 e. The van der Waals surface area contributed by atoms with Gasteiger partial charge in [0, 0.05) is 30.4 Å². The van der Waals surface area contributed by atoms with E-state index in [1.807, 2.05) is 21.8 Å². The van der Waals surface area contributed by atoms with Crippen LogP contribution in [-0.2, 0) is 17.9 Å². The van der Waals surface area contributed by atoms with Gasteiger partial charge in [0.25, 0.3) is 0 Å². The number of carbonyl (C=O) groups is 1. The van der Waals surface area contributed by atoms with Crippen molar-refractivity contribution < 1.29 is 4.79 Å². The number of anilines is 1. The van der Waals surface area contributed by atoms with E-state index in [0.717, 1.165) is 29.6 Å². The van der Waals surface area contributed by atoms with Gasteiger partial charge in [0.15, 0.2) is 0 Å². The van der Waals surface area contributed by atoms with Gasteiger partial charge in [-0.15, -0.1) is 0 Å². The van der Waals surface area contributed by atoms with Crippen molar-refractivity contribution in [1.82, 2.24) is 19.6 Å². The maximum absolute atomic E-state index is 12.3. The van der Waals surface area contributed by atoms with Gasteiger partial charge in [-0.25, -0.2) is 0 Å². The molecule has 0 aliphatic heterocycles. The molecule has 0 saturated heterocycles. The first kappa shape index (κ1) is 16.4. The normalized spacial score (nSPS) is 24.8. The molecule has 1 amide bonds. The van der Waals surface area contributed by atoms with E-state index >= 15 is 0 Å². The number of hydrogen-bond acceptors (Lipinski definition) is 3. The summed E-state index contributed by atoms with van der Waals surface area (Å²) in [6.07, 6.45) is 11.5. The zero-order valence-electron chi connectivity index (χ0n) is 15.1. The van der Waals surface area contributed by atoms with Crippen LogP contribution in [0, 0.1) is 24.7 Å². The fourth-order valence-electron chi connectivity index (χ4n) is 4.72. The molecule has 25 heavy (non-hydrogen) atoms. The summed E-state index contributed by atoms with van der Waals surface area (Å²) >= 11 is 0. The lowest BCUT2D eigenvalue weighted by atomic mass is 9.86. The zero-order chi connectivity index (χ0) is 17.4. The Balaban J connectivity index is 1.33. The number of hydrogen-bond donors (Lipinski definition) is 1. The molecule has 2 bridgehead atoms. The van der Waals surface area contributed by atoms with Crippen LogP contribution in [-0.4, -0.2) is 25.5 Å². The summed E-state index contributed by atoms with van der Waals surface area (Å²) in [6, 6.07) is 0. The predicted molar refractivity (Wildman–Crippen MR) is 96.2 cm³/mol. The molecule has 3 unspecified atom stereocenters. The van der Waals surface area contributed by atoms with Crippen LogP contribution in [0.15, 0.2) is 18.6 Å². The van der Waals surface area contributed by atoms with Crippen molar-refractivity contribution in [2.45, 2.75) is 59.0 Å². The van der Waals surface area contributed by atoms with Gasteiger partial charge < -0.3 is 5.32 Å². The van der Waals surface area contributed by atoms with Gasteiger partial charge in [0.05, 0.1) is 24.6 Å². The molecule has 2 saturated carbocycles. The lowest BCUT2D eigenvalue weighted by Gasteiger charge is -2.20. The number of aromatic nitrogens is 4. The highest BCUT2D eigenvalue weighted by Gasteiger charge is 2.40. The van der Waals surface area contributed by atoms with E-state index in [2.05, 4.69) is 29.4 Å². The lowest BCUT2D eigenvalue weighted by molar-refractivity contribution is -0.117. The van der Waals surface area contributed by atoms with Crippen LogP contribution in [0.5, 0.6) is 0 Å². The van der Waals surface area contributed by atoms with Crippen molar-refractivity contribution in [3.63, 3.8) is 0 Å². The van der Waals surface area contributed by atoms with Crippen LogP contribution in [0.25, 0.3) is 0 Å². The van der Waals surface area contributed by atoms with E-state index in [1.54, 1.807) is 6.20 Å². The zero-order valence-corrected chi connectivity index (χ0v) is 15.1. The molecule has 2 aliphatic rings. The van der Waals surface area contributed by atoms with Gasteiger partial charge in [-0.1, -0.05) is 6.42 Å². The SMILES string of the molecule is CCn1ncc(Cn2cc(NC(=O)CC3CC4CCC3C4)cn2)c1C. The van der Waals surface area contributed by atoms with Gasteiger partial charge in [-0.2, -0.15) is 10.2 Å². The van der Waals surface area contributed by atoms with E-state index in [4.69, 9.17) is 0 Å². The summed E-state index contributed by atoms with van der Waals surface area (Å²) in [5.41, 5.74) is 3.11. The van der Waals surface area contributed by atoms with Crippen LogP contribution in [0.3, 0.4) is 0 Å². The van der Waals surface area contributed by atoms with Crippen molar-refractivity contribution >= 4 is 11.6 Å². The molecular weight excluding hydrogens is 314 g/mol. The van der Waals surface area contributed by atoms with E-state index < -0.39 is 0 Å². The van der Waals surface area contributed by atoms with Gasteiger partial charge in [0.1, 0.15) is 0 Å². The Bertz CT molecular complexity index is 762. The van der Waals surface area contributed by atoms with Gasteiger partial charge in [-0.05, 0) is 50.9 Å². The second-order valence-electron chi connectivity index (χ2n) is 7.68. The quantitative estimate of drug-likeness (QED) is 0.877. The second kappa shape index (κ2) is 6.65. The number of nitrogens with zero attached hydrogens (tertiary/aromatic N) is 4. The molecule has 1 N–H and O–H groups in total. The molecule has 6 nitrogen and oxygen atoms in total. The first-order valence-corrected chi connectivity index (χ1v) is 9.46. The minimum Gasteiger partial charge on any atom is -0.323 e. The van der Waals surface area contributed by atoms with Crippen molar-refractivity contribution in [3.05, 3.63) is 29.8 Å². The number of carbonyl (C=O) groups excluding carboxylic acids is 1. The summed E-state index contributed by atoms with van der Waals surface area (Å²) < 4.78 is 3.84. The van der Waals surface area contributed by atoms with Crippen LogP contribution in [0.4, 0.5) is 5.69 Å². The van der Waals surface area contributed by atoms with Gasteiger partial charge in [0.2, 0.25) is 5.91 Å². The number of amides is 1. The topological polar surface area (TPSA) is 64.7 Å². The van der Waals surface area contributed by atoms with E-state index in [9.17, 15) is 4.79 Å². The molecule has 0 radical (unpaired) electrons. The minimum absolute atomic E-state index is 0.132. The van der Waals surface area contributed by atoms with Gasteiger partial charge in [-0.3, -0.25) is 14.2 Å². The Morgan fingerprint density at radius 1 is 1.28 bits per heavy atom. The minimum atomic E-state index is 0.132.